The normalized spacial score (nSPS) is 11.5. The van der Waals surface area contributed by atoms with E-state index in [1.165, 1.54) is 0 Å². The molecular formula is C9H18N4. The summed E-state index contributed by atoms with van der Waals surface area (Å²) in [6.07, 6.45) is 0. The fraction of sp³-hybridized carbons (Fsp3) is 0.667. The third-order valence-corrected chi connectivity index (χ3v) is 1.64. The Morgan fingerprint density at radius 2 is 2.31 bits per heavy atom. The van der Waals surface area contributed by atoms with E-state index in [0.29, 0.717) is 6.04 Å². The summed E-state index contributed by atoms with van der Waals surface area (Å²) >= 11 is 0. The van der Waals surface area contributed by atoms with Crippen molar-refractivity contribution in [1.29, 1.82) is 0 Å². The molecule has 0 aliphatic rings. The molecule has 1 heterocycles. The summed E-state index contributed by atoms with van der Waals surface area (Å²) < 4.78 is 0. The van der Waals surface area contributed by atoms with Gasteiger partial charge in [0.25, 0.3) is 0 Å². The Balaban J connectivity index is 2.40. The van der Waals surface area contributed by atoms with Gasteiger partial charge in [-0.3, -0.25) is 10.5 Å². The predicted octanol–water partition coefficient (Wildman–Crippen LogP) is 1.06. The highest BCUT2D eigenvalue weighted by atomic mass is 15.5. The monoisotopic (exact) mass is 182 g/mol. The molecule has 0 atom stereocenters. The largest absolute Gasteiger partial charge is 0.283 e. The van der Waals surface area contributed by atoms with Crippen molar-refractivity contribution in [3.63, 3.8) is 0 Å². The second-order valence-corrected chi connectivity index (χ2v) is 3.68. The fourth-order valence-electron chi connectivity index (χ4n) is 1.28. The molecule has 0 aliphatic carbocycles. The van der Waals surface area contributed by atoms with Gasteiger partial charge in [0, 0.05) is 18.8 Å². The second kappa shape index (κ2) is 4.39. The van der Waals surface area contributed by atoms with Gasteiger partial charge in [0.1, 0.15) is 0 Å². The second-order valence-electron chi connectivity index (χ2n) is 3.68. The highest BCUT2D eigenvalue weighted by Crippen LogP contribution is 1.99. The molecule has 1 rings (SSSR count). The van der Waals surface area contributed by atoms with Crippen molar-refractivity contribution >= 4 is 0 Å². The fourth-order valence-corrected chi connectivity index (χ4v) is 1.28. The standard InChI is InChI=1S/C9H18N4/c1-7(2)12-13(4)6-9-5-8(3)10-11-9/h5,7,12H,6H2,1-4H3,(H,10,11). The van der Waals surface area contributed by atoms with Crippen LogP contribution in [-0.4, -0.2) is 28.3 Å². The molecule has 0 fully saturated rings. The molecule has 2 N–H and O–H groups in total. The van der Waals surface area contributed by atoms with Crippen molar-refractivity contribution < 1.29 is 0 Å². The minimum atomic E-state index is 0.463. The van der Waals surface area contributed by atoms with E-state index < -0.39 is 0 Å². The third-order valence-electron chi connectivity index (χ3n) is 1.64. The zero-order chi connectivity index (χ0) is 9.84. The molecule has 0 spiro atoms. The van der Waals surface area contributed by atoms with Gasteiger partial charge in [0.05, 0.1) is 12.2 Å². The van der Waals surface area contributed by atoms with E-state index in [-0.39, 0.29) is 0 Å². The number of rotatable bonds is 4. The highest BCUT2D eigenvalue weighted by molar-refractivity contribution is 5.05. The summed E-state index contributed by atoms with van der Waals surface area (Å²) in [5, 5.41) is 9.12. The van der Waals surface area contributed by atoms with Crippen molar-refractivity contribution in [2.75, 3.05) is 7.05 Å². The first-order valence-corrected chi connectivity index (χ1v) is 4.56. The molecule has 0 bridgehead atoms. The minimum Gasteiger partial charge on any atom is -0.283 e. The lowest BCUT2D eigenvalue weighted by Gasteiger charge is -2.19. The quantitative estimate of drug-likeness (QED) is 0.684. The van der Waals surface area contributed by atoms with Crippen molar-refractivity contribution in [3.8, 4) is 0 Å². The molecule has 0 unspecified atom stereocenters. The van der Waals surface area contributed by atoms with Crippen LogP contribution in [0.15, 0.2) is 6.07 Å². The molecule has 0 radical (unpaired) electrons. The van der Waals surface area contributed by atoms with Gasteiger partial charge >= 0.3 is 0 Å². The van der Waals surface area contributed by atoms with Crippen LogP contribution in [0.3, 0.4) is 0 Å². The number of hydrazine groups is 1. The van der Waals surface area contributed by atoms with Gasteiger partial charge in [-0.15, -0.1) is 0 Å². The molecule has 4 nitrogen and oxygen atoms in total. The first kappa shape index (κ1) is 10.2. The molecule has 74 valence electrons. The van der Waals surface area contributed by atoms with Crippen LogP contribution in [0.25, 0.3) is 0 Å². The zero-order valence-corrected chi connectivity index (χ0v) is 8.76. The summed E-state index contributed by atoms with van der Waals surface area (Å²) in [4.78, 5) is 0. The van der Waals surface area contributed by atoms with Crippen LogP contribution in [0.1, 0.15) is 25.2 Å². The molecule has 1 aromatic heterocycles. The van der Waals surface area contributed by atoms with E-state index in [2.05, 4.69) is 35.5 Å². The van der Waals surface area contributed by atoms with Crippen LogP contribution >= 0.6 is 0 Å². The number of hydrogen-bond donors (Lipinski definition) is 2. The van der Waals surface area contributed by atoms with Crippen LogP contribution in [0.2, 0.25) is 0 Å². The maximum absolute atomic E-state index is 4.16. The molecule has 0 saturated heterocycles. The lowest BCUT2D eigenvalue weighted by molar-refractivity contribution is 0.200. The Labute approximate surface area is 79.3 Å². The third kappa shape index (κ3) is 3.57. The average Bonchev–Trinajstić information content (AvgIpc) is 2.33. The van der Waals surface area contributed by atoms with Gasteiger partial charge in [-0.1, -0.05) is 0 Å². The molecule has 0 saturated carbocycles. The predicted molar refractivity (Wildman–Crippen MR) is 53.1 cm³/mol. The first-order chi connectivity index (χ1) is 6.08. The van der Waals surface area contributed by atoms with E-state index in [1.807, 2.05) is 19.0 Å². The summed E-state index contributed by atoms with van der Waals surface area (Å²) in [6, 6.07) is 2.52. The number of hydrogen-bond acceptors (Lipinski definition) is 3. The average molecular weight is 182 g/mol. The summed E-state index contributed by atoms with van der Waals surface area (Å²) in [7, 11) is 2.02. The van der Waals surface area contributed by atoms with Crippen LogP contribution < -0.4 is 5.43 Å². The zero-order valence-electron chi connectivity index (χ0n) is 8.76. The lowest BCUT2D eigenvalue weighted by atomic mass is 10.3. The van der Waals surface area contributed by atoms with Gasteiger partial charge in [0.15, 0.2) is 0 Å². The van der Waals surface area contributed by atoms with Crippen molar-refractivity contribution in [1.82, 2.24) is 20.6 Å². The maximum atomic E-state index is 4.16. The van der Waals surface area contributed by atoms with E-state index in [9.17, 15) is 0 Å². The Morgan fingerprint density at radius 1 is 1.62 bits per heavy atom. The molecule has 0 aliphatic heterocycles. The molecule has 4 heteroatoms. The molecule has 13 heavy (non-hydrogen) atoms. The van der Waals surface area contributed by atoms with E-state index in [1.54, 1.807) is 0 Å². The number of aromatic amines is 1. The highest BCUT2D eigenvalue weighted by Gasteiger charge is 2.03. The van der Waals surface area contributed by atoms with Crippen LogP contribution in [-0.2, 0) is 6.54 Å². The SMILES string of the molecule is Cc1cc(CN(C)NC(C)C)n[nH]1. The summed E-state index contributed by atoms with van der Waals surface area (Å²) in [5.41, 5.74) is 5.45. The Kier molecular flexibility index (Phi) is 3.45. The number of nitrogens with zero attached hydrogens (tertiary/aromatic N) is 2. The first-order valence-electron chi connectivity index (χ1n) is 4.56. The number of nitrogens with one attached hydrogen (secondary N) is 2. The Morgan fingerprint density at radius 3 is 2.77 bits per heavy atom. The van der Waals surface area contributed by atoms with Crippen LogP contribution in [0.4, 0.5) is 0 Å². The number of aryl methyl sites for hydroxylation is 1. The van der Waals surface area contributed by atoms with Gasteiger partial charge in [-0.2, -0.15) is 5.10 Å². The van der Waals surface area contributed by atoms with Crippen molar-refractivity contribution in [3.05, 3.63) is 17.5 Å². The van der Waals surface area contributed by atoms with Gasteiger partial charge in [0.2, 0.25) is 0 Å². The molecule has 0 amide bonds. The summed E-state index contributed by atoms with van der Waals surface area (Å²) in [6.45, 7) is 7.06. The number of H-pyrrole nitrogens is 1. The topological polar surface area (TPSA) is 44.0 Å². The van der Waals surface area contributed by atoms with Crippen molar-refractivity contribution in [2.24, 2.45) is 0 Å². The lowest BCUT2D eigenvalue weighted by Crippen LogP contribution is -2.38. The van der Waals surface area contributed by atoms with Gasteiger partial charge in [-0.25, -0.2) is 5.01 Å². The van der Waals surface area contributed by atoms with E-state index in [0.717, 1.165) is 17.9 Å². The molecule has 0 aromatic carbocycles. The smallest absolute Gasteiger partial charge is 0.0779 e. The summed E-state index contributed by atoms with van der Waals surface area (Å²) in [5.74, 6) is 0. The van der Waals surface area contributed by atoms with Gasteiger partial charge in [-0.05, 0) is 26.8 Å². The van der Waals surface area contributed by atoms with Gasteiger partial charge < -0.3 is 0 Å². The molecule has 1 aromatic rings. The Hall–Kier alpha value is -0.870. The molecular weight excluding hydrogens is 164 g/mol. The van der Waals surface area contributed by atoms with E-state index >= 15 is 0 Å². The maximum Gasteiger partial charge on any atom is 0.0779 e. The minimum absolute atomic E-state index is 0.463. The van der Waals surface area contributed by atoms with Crippen molar-refractivity contribution in [2.45, 2.75) is 33.4 Å². The van der Waals surface area contributed by atoms with E-state index in [4.69, 9.17) is 0 Å². The van der Waals surface area contributed by atoms with Crippen LogP contribution in [0, 0.1) is 6.92 Å². The number of aromatic nitrogens is 2. The van der Waals surface area contributed by atoms with Crippen LogP contribution in [0.5, 0.6) is 0 Å². The Bertz CT molecular complexity index is 254.